The van der Waals surface area contributed by atoms with E-state index in [1.807, 2.05) is 12.1 Å². The van der Waals surface area contributed by atoms with Crippen molar-refractivity contribution in [2.24, 2.45) is 17.8 Å². The minimum Gasteiger partial charge on any atom is -0.442 e. The lowest BCUT2D eigenvalue weighted by Crippen LogP contribution is -2.33. The average molecular weight is 338 g/mol. The number of pyridine rings is 1. The number of aromatic nitrogens is 1. The van der Waals surface area contributed by atoms with E-state index in [2.05, 4.69) is 22.4 Å². The molecule has 7 nitrogen and oxygen atoms in total. The monoisotopic (exact) mass is 338 g/mol. The molecular formula is C18H18N4O3. The Labute approximate surface area is 145 Å². The molecule has 2 fully saturated rings. The molecule has 1 saturated carbocycles. The van der Waals surface area contributed by atoms with Crippen molar-refractivity contribution in [2.75, 3.05) is 18.0 Å². The summed E-state index contributed by atoms with van der Waals surface area (Å²) in [6, 6.07) is 6.10. The summed E-state index contributed by atoms with van der Waals surface area (Å²) in [6.45, 7) is 2.12. The van der Waals surface area contributed by atoms with Gasteiger partial charge < -0.3 is 10.1 Å². The second-order valence-electron chi connectivity index (χ2n) is 6.75. The van der Waals surface area contributed by atoms with Gasteiger partial charge in [-0.05, 0) is 36.0 Å². The molecule has 0 radical (unpaired) electrons. The van der Waals surface area contributed by atoms with Gasteiger partial charge in [0.25, 0.3) is 0 Å². The van der Waals surface area contributed by atoms with Crippen molar-refractivity contribution in [3.63, 3.8) is 0 Å². The number of fused-ring (bicyclic) bond motifs is 1. The first kappa shape index (κ1) is 15.6. The molecule has 4 atom stereocenters. The van der Waals surface area contributed by atoms with Crippen molar-refractivity contribution in [3.8, 4) is 6.07 Å². The number of nitrogens with one attached hydrogen (secondary N) is 1. The van der Waals surface area contributed by atoms with Gasteiger partial charge in [-0.2, -0.15) is 5.26 Å². The summed E-state index contributed by atoms with van der Waals surface area (Å²) >= 11 is 0. The lowest BCUT2D eigenvalue weighted by molar-refractivity contribution is -0.119. The van der Waals surface area contributed by atoms with Crippen LogP contribution in [0.2, 0.25) is 0 Å². The second-order valence-corrected chi connectivity index (χ2v) is 6.75. The molecule has 4 rings (SSSR count). The summed E-state index contributed by atoms with van der Waals surface area (Å²) in [7, 11) is 0. The molecule has 1 aliphatic heterocycles. The van der Waals surface area contributed by atoms with E-state index in [1.54, 1.807) is 6.20 Å². The van der Waals surface area contributed by atoms with Crippen LogP contribution in [0.1, 0.15) is 19.0 Å². The highest BCUT2D eigenvalue weighted by Crippen LogP contribution is 2.57. The van der Waals surface area contributed by atoms with Crippen LogP contribution in [0.5, 0.6) is 0 Å². The Balaban J connectivity index is 1.41. The third kappa shape index (κ3) is 2.84. The highest BCUT2D eigenvalue weighted by Gasteiger charge is 2.53. The van der Waals surface area contributed by atoms with Crippen molar-refractivity contribution in [3.05, 3.63) is 30.1 Å². The Morgan fingerprint density at radius 1 is 1.52 bits per heavy atom. The van der Waals surface area contributed by atoms with Gasteiger partial charge in [-0.25, -0.2) is 4.79 Å². The summed E-state index contributed by atoms with van der Waals surface area (Å²) in [5.74, 6) is 0.888. The molecule has 0 spiro atoms. The standard InChI is InChI=1S/C18H18N4O3/c1-10(23)20-8-13-9-22(18(24)25-13)12-2-3-17(21-7-12)11-4-14-15(5-11)16(14)6-19/h2-4,7,13-16H,5,8-9H2,1H3,(H,20,23)/t13-,14?,15?,16?/m0/s1. The lowest BCUT2D eigenvalue weighted by Gasteiger charge is -2.13. The predicted molar refractivity (Wildman–Crippen MR) is 89.2 cm³/mol. The number of carbonyl (C=O) groups is 2. The van der Waals surface area contributed by atoms with Crippen molar-refractivity contribution in [2.45, 2.75) is 19.4 Å². The van der Waals surface area contributed by atoms with Crippen LogP contribution in [0.15, 0.2) is 24.4 Å². The number of hydrogen-bond acceptors (Lipinski definition) is 5. The number of nitrogens with zero attached hydrogens (tertiary/aromatic N) is 3. The Hall–Kier alpha value is -2.88. The number of carbonyl (C=O) groups excluding carboxylic acids is 2. The second kappa shape index (κ2) is 5.88. The largest absolute Gasteiger partial charge is 0.442 e. The molecule has 0 bridgehead atoms. The van der Waals surface area contributed by atoms with Gasteiger partial charge in [-0.15, -0.1) is 0 Å². The van der Waals surface area contributed by atoms with Crippen LogP contribution in [-0.4, -0.2) is 36.2 Å². The van der Waals surface area contributed by atoms with Gasteiger partial charge in [0.15, 0.2) is 0 Å². The molecule has 1 aromatic rings. The van der Waals surface area contributed by atoms with E-state index in [4.69, 9.17) is 10.00 Å². The first-order chi connectivity index (χ1) is 12.1. The Bertz CT molecular complexity index is 796. The minimum absolute atomic E-state index is 0.151. The zero-order valence-corrected chi connectivity index (χ0v) is 13.8. The molecule has 1 N–H and O–H groups in total. The first-order valence-corrected chi connectivity index (χ1v) is 8.36. The van der Waals surface area contributed by atoms with E-state index in [-0.39, 0.29) is 17.9 Å². The molecule has 1 aromatic heterocycles. The number of cyclic esters (lactones) is 1. The summed E-state index contributed by atoms with van der Waals surface area (Å²) in [5, 5.41) is 11.6. The zero-order chi connectivity index (χ0) is 17.6. The van der Waals surface area contributed by atoms with Crippen molar-refractivity contribution in [1.29, 1.82) is 5.26 Å². The van der Waals surface area contributed by atoms with Gasteiger partial charge in [0.2, 0.25) is 5.91 Å². The number of allylic oxidation sites excluding steroid dienone is 2. The van der Waals surface area contributed by atoms with E-state index in [9.17, 15) is 9.59 Å². The van der Waals surface area contributed by atoms with Gasteiger partial charge in [0, 0.05) is 6.92 Å². The third-order valence-electron chi connectivity index (χ3n) is 5.07. The molecule has 25 heavy (non-hydrogen) atoms. The Morgan fingerprint density at radius 2 is 2.36 bits per heavy atom. The quantitative estimate of drug-likeness (QED) is 0.902. The molecule has 7 heteroatoms. The first-order valence-electron chi connectivity index (χ1n) is 8.36. The van der Waals surface area contributed by atoms with Crippen molar-refractivity contribution in [1.82, 2.24) is 10.3 Å². The zero-order valence-electron chi connectivity index (χ0n) is 13.8. The molecule has 3 aliphatic rings. The van der Waals surface area contributed by atoms with E-state index in [0.717, 1.165) is 12.1 Å². The van der Waals surface area contributed by atoms with Gasteiger partial charge >= 0.3 is 6.09 Å². The SMILES string of the molecule is CC(=O)NC[C@H]1CN(c2ccc(C3=CC4C(C#N)C4C3)nc2)C(=O)O1. The average Bonchev–Trinajstić information content (AvgIpc) is 2.94. The minimum atomic E-state index is -0.428. The van der Waals surface area contributed by atoms with Crippen LogP contribution in [0, 0.1) is 29.1 Å². The van der Waals surface area contributed by atoms with Crippen molar-refractivity contribution >= 4 is 23.3 Å². The van der Waals surface area contributed by atoms with Gasteiger partial charge in [0.1, 0.15) is 6.10 Å². The van der Waals surface area contributed by atoms with Crippen LogP contribution in [-0.2, 0) is 9.53 Å². The van der Waals surface area contributed by atoms with E-state index in [0.29, 0.717) is 30.6 Å². The van der Waals surface area contributed by atoms with E-state index < -0.39 is 6.09 Å². The maximum absolute atomic E-state index is 12.0. The van der Waals surface area contributed by atoms with Crippen LogP contribution >= 0.6 is 0 Å². The third-order valence-corrected chi connectivity index (χ3v) is 5.07. The normalized spacial score (nSPS) is 29.5. The van der Waals surface area contributed by atoms with Gasteiger partial charge in [-0.3, -0.25) is 14.7 Å². The number of amides is 2. The number of hydrogen-bond donors (Lipinski definition) is 1. The van der Waals surface area contributed by atoms with Crippen molar-refractivity contribution < 1.29 is 14.3 Å². The maximum Gasteiger partial charge on any atom is 0.414 e. The fraction of sp³-hybridized carbons (Fsp3) is 0.444. The molecule has 3 unspecified atom stereocenters. The fourth-order valence-corrected chi connectivity index (χ4v) is 3.65. The summed E-state index contributed by atoms with van der Waals surface area (Å²) < 4.78 is 5.26. The Kier molecular flexibility index (Phi) is 3.68. The molecule has 128 valence electrons. The molecular weight excluding hydrogens is 320 g/mol. The Morgan fingerprint density at radius 3 is 2.96 bits per heavy atom. The van der Waals surface area contributed by atoms with Crippen LogP contribution < -0.4 is 10.2 Å². The maximum atomic E-state index is 12.0. The smallest absolute Gasteiger partial charge is 0.414 e. The molecule has 0 aromatic carbocycles. The van der Waals surface area contributed by atoms with Crippen LogP contribution in [0.3, 0.4) is 0 Å². The molecule has 2 heterocycles. The summed E-state index contributed by atoms with van der Waals surface area (Å²) in [5.41, 5.74) is 2.76. The molecule has 2 aliphatic carbocycles. The number of rotatable bonds is 4. The fourth-order valence-electron chi connectivity index (χ4n) is 3.65. The summed E-state index contributed by atoms with van der Waals surface area (Å²) in [4.78, 5) is 29.0. The van der Waals surface area contributed by atoms with E-state index >= 15 is 0 Å². The molecule has 2 amide bonds. The van der Waals surface area contributed by atoms with Crippen LogP contribution in [0.25, 0.3) is 5.57 Å². The highest BCUT2D eigenvalue weighted by molar-refractivity contribution is 5.89. The number of nitriles is 1. The lowest BCUT2D eigenvalue weighted by atomic mass is 10.1. The van der Waals surface area contributed by atoms with E-state index in [1.165, 1.54) is 17.4 Å². The number of anilines is 1. The topological polar surface area (TPSA) is 95.3 Å². The number of ether oxygens (including phenoxy) is 1. The van der Waals surface area contributed by atoms with Crippen LogP contribution in [0.4, 0.5) is 10.5 Å². The highest BCUT2D eigenvalue weighted by atomic mass is 16.6. The molecule has 1 saturated heterocycles. The predicted octanol–water partition coefficient (Wildman–Crippen LogP) is 1.72. The van der Waals surface area contributed by atoms with Gasteiger partial charge in [0.05, 0.1) is 42.7 Å². The van der Waals surface area contributed by atoms with Gasteiger partial charge in [-0.1, -0.05) is 6.08 Å². The summed E-state index contributed by atoms with van der Waals surface area (Å²) in [6.07, 6.45) is 3.95.